The highest BCUT2D eigenvalue weighted by atomic mass is 127. The van der Waals surface area contributed by atoms with Gasteiger partial charge in [0.2, 0.25) is 0 Å². The van der Waals surface area contributed by atoms with Crippen molar-refractivity contribution in [2.75, 3.05) is 5.32 Å². The lowest BCUT2D eigenvalue weighted by Gasteiger charge is -2.09. The van der Waals surface area contributed by atoms with Crippen molar-refractivity contribution in [1.29, 1.82) is 0 Å². The second kappa shape index (κ2) is 6.13. The minimum absolute atomic E-state index is 0.588. The Morgan fingerprint density at radius 2 is 1.83 bits per heavy atom. The molecule has 0 heterocycles. The highest BCUT2D eigenvalue weighted by molar-refractivity contribution is 14.1. The monoisotopic (exact) mass is 391 g/mol. The summed E-state index contributed by atoms with van der Waals surface area (Å²) in [5, 5.41) is 4.55. The van der Waals surface area contributed by atoms with Crippen LogP contribution in [-0.2, 0) is 6.54 Å². The third kappa shape index (κ3) is 3.53. The minimum atomic E-state index is 0.588. The third-order valence-electron chi connectivity index (χ3n) is 2.65. The summed E-state index contributed by atoms with van der Waals surface area (Å²) in [5.41, 5.74) is 3.51. The molecule has 1 N–H and O–H groups in total. The lowest BCUT2D eigenvalue weighted by atomic mass is 10.2. The quantitative estimate of drug-likeness (QED) is 0.679. The Bertz CT molecular complexity index is 518. The summed E-state index contributed by atoms with van der Waals surface area (Å²) in [4.78, 5) is 0. The van der Waals surface area contributed by atoms with E-state index in [1.807, 2.05) is 18.2 Å². The molecule has 0 aromatic heterocycles. The molecule has 0 bridgehead atoms. The van der Waals surface area contributed by atoms with Gasteiger partial charge in [0.1, 0.15) is 0 Å². The first kappa shape index (κ1) is 14.0. The number of nitrogens with one attached hydrogen (secondary N) is 1. The van der Waals surface area contributed by atoms with Crippen LogP contribution in [-0.4, -0.2) is 0 Å². The Morgan fingerprint density at radius 3 is 2.50 bits per heavy atom. The molecular weight excluding hydrogens is 380 g/mol. The number of anilines is 1. The van der Waals surface area contributed by atoms with Crippen molar-refractivity contribution >= 4 is 51.5 Å². The Kier molecular flexibility index (Phi) is 4.76. The first-order valence-corrected chi connectivity index (χ1v) is 7.33. The molecule has 0 spiro atoms. The normalized spacial score (nSPS) is 10.4. The van der Waals surface area contributed by atoms with Gasteiger partial charge in [0, 0.05) is 15.8 Å². The fourth-order valence-corrected chi connectivity index (χ4v) is 2.39. The van der Waals surface area contributed by atoms with Gasteiger partial charge < -0.3 is 5.32 Å². The molecule has 0 amide bonds. The van der Waals surface area contributed by atoms with Crippen LogP contribution in [0.1, 0.15) is 11.1 Å². The fourth-order valence-electron chi connectivity index (χ4n) is 1.56. The van der Waals surface area contributed by atoms with Crippen LogP contribution in [0.15, 0.2) is 36.4 Å². The standard InChI is InChI=1S/C14H12Cl2IN/c1-9-2-4-11(7-14(9)17)18-8-10-3-5-12(15)13(16)6-10/h2-7,18H,8H2,1H3. The Balaban J connectivity index is 2.06. The summed E-state index contributed by atoms with van der Waals surface area (Å²) in [6, 6.07) is 12.0. The minimum Gasteiger partial charge on any atom is -0.381 e. The summed E-state index contributed by atoms with van der Waals surface area (Å²) in [6.45, 7) is 2.83. The molecule has 0 radical (unpaired) electrons. The van der Waals surface area contributed by atoms with Gasteiger partial charge in [-0.25, -0.2) is 0 Å². The molecule has 2 rings (SSSR count). The maximum Gasteiger partial charge on any atom is 0.0595 e. The second-order valence-electron chi connectivity index (χ2n) is 4.07. The summed E-state index contributed by atoms with van der Waals surface area (Å²) in [5.74, 6) is 0. The molecule has 0 atom stereocenters. The maximum absolute atomic E-state index is 5.98. The molecule has 1 nitrogen and oxygen atoms in total. The summed E-state index contributed by atoms with van der Waals surface area (Å²) in [6.07, 6.45) is 0. The van der Waals surface area contributed by atoms with Gasteiger partial charge in [0.15, 0.2) is 0 Å². The third-order valence-corrected chi connectivity index (χ3v) is 4.55. The average molecular weight is 392 g/mol. The second-order valence-corrected chi connectivity index (χ2v) is 6.04. The van der Waals surface area contributed by atoms with E-state index < -0.39 is 0 Å². The van der Waals surface area contributed by atoms with Crippen molar-refractivity contribution in [1.82, 2.24) is 0 Å². The van der Waals surface area contributed by atoms with Gasteiger partial charge in [0.05, 0.1) is 10.0 Å². The Labute approximate surface area is 131 Å². The van der Waals surface area contributed by atoms with Crippen molar-refractivity contribution in [2.24, 2.45) is 0 Å². The Hall–Kier alpha value is -0.450. The van der Waals surface area contributed by atoms with Gasteiger partial charge in [-0.1, -0.05) is 35.3 Å². The van der Waals surface area contributed by atoms with Crippen LogP contribution < -0.4 is 5.32 Å². The Morgan fingerprint density at radius 1 is 1.06 bits per heavy atom. The van der Waals surface area contributed by atoms with E-state index in [4.69, 9.17) is 23.2 Å². The zero-order valence-corrected chi connectivity index (χ0v) is 13.5. The largest absolute Gasteiger partial charge is 0.381 e. The highest BCUT2D eigenvalue weighted by Gasteiger charge is 2.01. The molecule has 0 unspecified atom stereocenters. The molecule has 0 aliphatic heterocycles. The molecule has 94 valence electrons. The van der Waals surface area contributed by atoms with Crippen molar-refractivity contribution in [3.63, 3.8) is 0 Å². The summed E-state index contributed by atoms with van der Waals surface area (Å²) in [7, 11) is 0. The van der Waals surface area contributed by atoms with Gasteiger partial charge in [0.25, 0.3) is 0 Å². The van der Waals surface area contributed by atoms with E-state index in [0.717, 1.165) is 17.8 Å². The van der Waals surface area contributed by atoms with E-state index in [-0.39, 0.29) is 0 Å². The molecule has 0 fully saturated rings. The highest BCUT2D eigenvalue weighted by Crippen LogP contribution is 2.23. The molecular formula is C14H12Cl2IN. The van der Waals surface area contributed by atoms with E-state index in [2.05, 4.69) is 53.0 Å². The molecule has 0 saturated heterocycles. The van der Waals surface area contributed by atoms with Crippen LogP contribution >= 0.6 is 45.8 Å². The van der Waals surface area contributed by atoms with Gasteiger partial charge in [-0.3, -0.25) is 0 Å². The smallest absolute Gasteiger partial charge is 0.0595 e. The molecule has 0 aliphatic carbocycles. The van der Waals surface area contributed by atoms with Crippen LogP contribution in [0.5, 0.6) is 0 Å². The predicted octanol–water partition coefficient (Wildman–Crippen LogP) is 5.52. The number of hydrogen-bond donors (Lipinski definition) is 1. The number of rotatable bonds is 3. The average Bonchev–Trinajstić information content (AvgIpc) is 2.35. The molecule has 4 heteroatoms. The van der Waals surface area contributed by atoms with Crippen LogP contribution in [0, 0.1) is 10.5 Å². The van der Waals surface area contributed by atoms with Gasteiger partial charge >= 0.3 is 0 Å². The van der Waals surface area contributed by atoms with Crippen molar-refractivity contribution in [3.8, 4) is 0 Å². The van der Waals surface area contributed by atoms with Crippen LogP contribution in [0.25, 0.3) is 0 Å². The van der Waals surface area contributed by atoms with Gasteiger partial charge in [-0.2, -0.15) is 0 Å². The summed E-state index contributed by atoms with van der Waals surface area (Å²) >= 11 is 14.2. The number of benzene rings is 2. The first-order chi connectivity index (χ1) is 8.56. The van der Waals surface area contributed by atoms with Crippen LogP contribution in [0.3, 0.4) is 0 Å². The maximum atomic E-state index is 5.98. The van der Waals surface area contributed by atoms with E-state index in [9.17, 15) is 0 Å². The zero-order chi connectivity index (χ0) is 13.1. The van der Waals surface area contributed by atoms with Crippen molar-refractivity contribution in [3.05, 3.63) is 61.1 Å². The van der Waals surface area contributed by atoms with Crippen LogP contribution in [0.2, 0.25) is 10.0 Å². The van der Waals surface area contributed by atoms with Crippen LogP contribution in [0.4, 0.5) is 5.69 Å². The molecule has 2 aromatic carbocycles. The topological polar surface area (TPSA) is 12.0 Å². The molecule has 0 saturated carbocycles. The summed E-state index contributed by atoms with van der Waals surface area (Å²) < 4.78 is 1.26. The van der Waals surface area contributed by atoms with Crippen molar-refractivity contribution < 1.29 is 0 Å². The molecule has 18 heavy (non-hydrogen) atoms. The van der Waals surface area contributed by atoms with E-state index in [1.54, 1.807) is 0 Å². The van der Waals surface area contributed by atoms with E-state index in [1.165, 1.54) is 9.13 Å². The zero-order valence-electron chi connectivity index (χ0n) is 9.81. The van der Waals surface area contributed by atoms with Gasteiger partial charge in [-0.15, -0.1) is 0 Å². The van der Waals surface area contributed by atoms with Gasteiger partial charge in [-0.05, 0) is 64.9 Å². The number of halogens is 3. The predicted molar refractivity (Wildman–Crippen MR) is 87.7 cm³/mol. The lowest BCUT2D eigenvalue weighted by Crippen LogP contribution is -1.99. The number of hydrogen-bond acceptors (Lipinski definition) is 1. The first-order valence-electron chi connectivity index (χ1n) is 5.50. The molecule has 0 aliphatic rings. The lowest BCUT2D eigenvalue weighted by molar-refractivity contribution is 1.15. The van der Waals surface area contributed by atoms with E-state index >= 15 is 0 Å². The number of aryl methyl sites for hydroxylation is 1. The van der Waals surface area contributed by atoms with E-state index in [0.29, 0.717) is 10.0 Å². The molecule has 2 aromatic rings. The van der Waals surface area contributed by atoms with Crippen molar-refractivity contribution in [2.45, 2.75) is 13.5 Å². The SMILES string of the molecule is Cc1ccc(NCc2ccc(Cl)c(Cl)c2)cc1I. The fraction of sp³-hybridized carbons (Fsp3) is 0.143.